The van der Waals surface area contributed by atoms with Crippen LogP contribution in [0.25, 0.3) is 0 Å². The van der Waals surface area contributed by atoms with Gasteiger partial charge in [0.1, 0.15) is 0 Å². The Bertz CT molecular complexity index is 141. The first-order valence-corrected chi connectivity index (χ1v) is 3.91. The van der Waals surface area contributed by atoms with Gasteiger partial charge >= 0.3 is 0 Å². The monoisotopic (exact) mass is 158 g/mol. The van der Waals surface area contributed by atoms with Crippen LogP contribution in [0.3, 0.4) is 0 Å². The van der Waals surface area contributed by atoms with Crippen LogP contribution < -0.4 is 10.8 Å². The number of nitrogens with one attached hydrogen (secondary N) is 2. The van der Waals surface area contributed by atoms with Crippen LogP contribution in [-0.2, 0) is 4.79 Å². The van der Waals surface area contributed by atoms with E-state index >= 15 is 0 Å². The van der Waals surface area contributed by atoms with Crippen LogP contribution in [0.1, 0.15) is 19.8 Å². The molecule has 0 aromatic rings. The van der Waals surface area contributed by atoms with E-state index in [-0.39, 0.29) is 11.8 Å². The summed E-state index contributed by atoms with van der Waals surface area (Å²) in [5.41, 5.74) is 1.67. The number of carbonyl (C=O) groups excluding carboxylic acids is 1. The first-order chi connectivity index (χ1) is 5.24. The van der Waals surface area contributed by atoms with E-state index in [0.717, 1.165) is 12.8 Å². The zero-order valence-electron chi connectivity index (χ0n) is 6.63. The van der Waals surface area contributed by atoms with E-state index in [2.05, 4.69) is 12.2 Å². The minimum Gasteiger partial charge on any atom is -0.313 e. The van der Waals surface area contributed by atoms with Crippen molar-refractivity contribution < 1.29 is 10.0 Å². The second kappa shape index (κ2) is 3.69. The average Bonchev–Trinajstić information content (AvgIpc) is 2.05. The molecule has 0 bridgehead atoms. The highest BCUT2D eigenvalue weighted by Crippen LogP contribution is 2.13. The van der Waals surface area contributed by atoms with Gasteiger partial charge < -0.3 is 5.32 Å². The normalized spacial score (nSPS) is 31.5. The third kappa shape index (κ3) is 2.17. The molecule has 0 spiro atoms. The largest absolute Gasteiger partial charge is 0.313 e. The topological polar surface area (TPSA) is 61.4 Å². The summed E-state index contributed by atoms with van der Waals surface area (Å²) in [5.74, 6) is -0.333. The molecule has 2 unspecified atom stereocenters. The molecule has 0 saturated carbocycles. The lowest BCUT2D eigenvalue weighted by Crippen LogP contribution is -2.43. The molecule has 0 aliphatic carbocycles. The van der Waals surface area contributed by atoms with E-state index in [1.807, 2.05) is 0 Å². The molecule has 0 aromatic heterocycles. The minimum atomic E-state index is -0.274. The fourth-order valence-corrected chi connectivity index (χ4v) is 1.31. The van der Waals surface area contributed by atoms with Crippen LogP contribution in [0.5, 0.6) is 0 Å². The zero-order chi connectivity index (χ0) is 8.27. The Labute approximate surface area is 65.9 Å². The fraction of sp³-hybridized carbons (Fsp3) is 0.857. The predicted octanol–water partition coefficient (Wildman–Crippen LogP) is -0.120. The fourth-order valence-electron chi connectivity index (χ4n) is 1.31. The summed E-state index contributed by atoms with van der Waals surface area (Å²) in [5, 5.41) is 11.5. The maximum Gasteiger partial charge on any atom is 0.247 e. The van der Waals surface area contributed by atoms with Crippen molar-refractivity contribution in [3.63, 3.8) is 0 Å². The Morgan fingerprint density at radius 3 is 2.82 bits per heavy atom. The van der Waals surface area contributed by atoms with Crippen LogP contribution in [-0.4, -0.2) is 23.7 Å². The number of carbonyl (C=O) groups is 1. The van der Waals surface area contributed by atoms with Crippen LogP contribution in [0.2, 0.25) is 0 Å². The molecule has 11 heavy (non-hydrogen) atoms. The van der Waals surface area contributed by atoms with Crippen molar-refractivity contribution >= 4 is 5.91 Å². The first kappa shape index (κ1) is 8.49. The van der Waals surface area contributed by atoms with E-state index in [9.17, 15) is 4.79 Å². The highest BCUT2D eigenvalue weighted by Gasteiger charge is 2.22. The molecular formula is C7H14N2O2. The van der Waals surface area contributed by atoms with Crippen molar-refractivity contribution in [2.24, 2.45) is 5.92 Å². The Kier molecular flexibility index (Phi) is 2.84. The summed E-state index contributed by atoms with van der Waals surface area (Å²) < 4.78 is 0. The van der Waals surface area contributed by atoms with E-state index in [0.29, 0.717) is 12.6 Å². The number of rotatable bonds is 1. The van der Waals surface area contributed by atoms with Crippen molar-refractivity contribution in [2.45, 2.75) is 25.8 Å². The summed E-state index contributed by atoms with van der Waals surface area (Å²) in [4.78, 5) is 10.9. The van der Waals surface area contributed by atoms with Crippen molar-refractivity contribution in [1.82, 2.24) is 10.8 Å². The molecule has 3 N–H and O–H groups in total. The standard InChI is InChI=1S/C7H14N2O2/c1-5-2-3-6(4-8-5)7(10)9-11/h5-6,8,11H,2-4H2,1H3,(H,9,10). The maximum atomic E-state index is 10.9. The predicted molar refractivity (Wildman–Crippen MR) is 40.1 cm³/mol. The smallest absolute Gasteiger partial charge is 0.247 e. The second-order valence-electron chi connectivity index (χ2n) is 3.06. The molecule has 1 rings (SSSR count). The van der Waals surface area contributed by atoms with E-state index in [4.69, 9.17) is 5.21 Å². The molecular weight excluding hydrogens is 144 g/mol. The lowest BCUT2D eigenvalue weighted by atomic mass is 9.95. The molecule has 64 valence electrons. The Balaban J connectivity index is 2.33. The van der Waals surface area contributed by atoms with Crippen molar-refractivity contribution in [3.05, 3.63) is 0 Å². The molecule has 1 aliphatic heterocycles. The molecule has 1 amide bonds. The maximum absolute atomic E-state index is 10.9. The summed E-state index contributed by atoms with van der Waals surface area (Å²) in [6, 6.07) is 0.498. The second-order valence-corrected chi connectivity index (χ2v) is 3.06. The highest BCUT2D eigenvalue weighted by molar-refractivity contribution is 5.77. The number of hydrogen-bond donors (Lipinski definition) is 3. The number of amides is 1. The van der Waals surface area contributed by atoms with Gasteiger partial charge in [0.15, 0.2) is 0 Å². The molecule has 0 aromatic carbocycles. The van der Waals surface area contributed by atoms with Crippen molar-refractivity contribution in [3.8, 4) is 0 Å². The molecule has 4 heteroatoms. The molecule has 1 aliphatic rings. The number of piperidine rings is 1. The van der Waals surface area contributed by atoms with Crippen LogP contribution in [0.4, 0.5) is 0 Å². The van der Waals surface area contributed by atoms with Crippen LogP contribution in [0.15, 0.2) is 0 Å². The van der Waals surface area contributed by atoms with Gasteiger partial charge in [0.25, 0.3) is 0 Å². The SMILES string of the molecule is CC1CCC(C(=O)NO)CN1. The summed E-state index contributed by atoms with van der Waals surface area (Å²) >= 11 is 0. The summed E-state index contributed by atoms with van der Waals surface area (Å²) in [7, 11) is 0. The first-order valence-electron chi connectivity index (χ1n) is 3.91. The van der Waals surface area contributed by atoms with Gasteiger partial charge in [0.2, 0.25) is 5.91 Å². The van der Waals surface area contributed by atoms with Gasteiger partial charge in [-0.05, 0) is 19.8 Å². The average molecular weight is 158 g/mol. The van der Waals surface area contributed by atoms with Gasteiger partial charge in [0, 0.05) is 12.6 Å². The Morgan fingerprint density at radius 1 is 1.64 bits per heavy atom. The van der Waals surface area contributed by atoms with Gasteiger partial charge in [0.05, 0.1) is 5.92 Å². The van der Waals surface area contributed by atoms with E-state index in [1.54, 1.807) is 5.48 Å². The molecule has 1 heterocycles. The van der Waals surface area contributed by atoms with Crippen LogP contribution >= 0.6 is 0 Å². The van der Waals surface area contributed by atoms with Crippen molar-refractivity contribution in [2.75, 3.05) is 6.54 Å². The van der Waals surface area contributed by atoms with E-state index in [1.165, 1.54) is 0 Å². The van der Waals surface area contributed by atoms with Gasteiger partial charge in [-0.3, -0.25) is 10.0 Å². The van der Waals surface area contributed by atoms with Crippen LogP contribution in [0, 0.1) is 5.92 Å². The van der Waals surface area contributed by atoms with Gasteiger partial charge in [-0.25, -0.2) is 5.48 Å². The van der Waals surface area contributed by atoms with Gasteiger partial charge in [-0.15, -0.1) is 0 Å². The Morgan fingerprint density at radius 2 is 2.36 bits per heavy atom. The minimum absolute atomic E-state index is 0.0591. The lowest BCUT2D eigenvalue weighted by molar-refractivity contribution is -0.134. The third-order valence-electron chi connectivity index (χ3n) is 2.14. The zero-order valence-corrected chi connectivity index (χ0v) is 6.63. The third-order valence-corrected chi connectivity index (χ3v) is 2.14. The molecule has 1 saturated heterocycles. The summed E-state index contributed by atoms with van der Waals surface area (Å²) in [6.07, 6.45) is 1.86. The molecule has 0 radical (unpaired) electrons. The van der Waals surface area contributed by atoms with Gasteiger partial charge in [-0.1, -0.05) is 0 Å². The molecule has 4 nitrogen and oxygen atoms in total. The molecule has 2 atom stereocenters. The number of hydroxylamine groups is 1. The van der Waals surface area contributed by atoms with Crippen molar-refractivity contribution in [1.29, 1.82) is 0 Å². The lowest BCUT2D eigenvalue weighted by Gasteiger charge is -2.25. The Hall–Kier alpha value is -0.610. The molecule has 1 fully saturated rings. The van der Waals surface area contributed by atoms with E-state index < -0.39 is 0 Å². The summed E-state index contributed by atoms with van der Waals surface area (Å²) in [6.45, 7) is 2.76. The quantitative estimate of drug-likeness (QED) is 0.368. The van der Waals surface area contributed by atoms with Gasteiger partial charge in [-0.2, -0.15) is 0 Å². The number of hydrogen-bond acceptors (Lipinski definition) is 3. The highest BCUT2D eigenvalue weighted by atomic mass is 16.5.